The number of hydrogen-bond acceptors (Lipinski definition) is 5. The molecule has 2 aliphatic heterocycles. The molecule has 3 rings (SSSR count). The largest absolute Gasteiger partial charge is 0.497 e. The van der Waals surface area contributed by atoms with E-state index in [2.05, 4.69) is 53.2 Å². The minimum Gasteiger partial charge on any atom is -0.497 e. The highest BCUT2D eigenvalue weighted by atomic mass is 32.2. The van der Waals surface area contributed by atoms with Crippen molar-refractivity contribution >= 4 is 11.8 Å². The van der Waals surface area contributed by atoms with Gasteiger partial charge in [-0.15, -0.1) is 0 Å². The zero-order valence-corrected chi connectivity index (χ0v) is 15.0. The third kappa shape index (κ3) is 4.41. The van der Waals surface area contributed by atoms with Crippen molar-refractivity contribution in [1.29, 1.82) is 0 Å². The van der Waals surface area contributed by atoms with Gasteiger partial charge in [-0.25, -0.2) is 0 Å². The SMILES string of the molecule is COc1ccc([C@H](CN[C@H]2CCS[C@@H]2C)N2CCOCC2)cc1. The minimum atomic E-state index is 0.405. The van der Waals surface area contributed by atoms with Crippen LogP contribution < -0.4 is 10.1 Å². The fraction of sp³-hybridized carbons (Fsp3) is 0.667. The van der Waals surface area contributed by atoms with Gasteiger partial charge in [0.05, 0.1) is 20.3 Å². The number of morpholine rings is 1. The molecule has 23 heavy (non-hydrogen) atoms. The minimum absolute atomic E-state index is 0.405. The van der Waals surface area contributed by atoms with Crippen molar-refractivity contribution in [2.45, 2.75) is 30.7 Å². The first-order valence-corrected chi connectivity index (χ1v) is 9.63. The molecule has 1 aromatic rings. The van der Waals surface area contributed by atoms with Crippen LogP contribution in [0.5, 0.6) is 5.75 Å². The topological polar surface area (TPSA) is 33.7 Å². The molecule has 0 unspecified atom stereocenters. The number of ether oxygens (including phenoxy) is 2. The lowest BCUT2D eigenvalue weighted by atomic mass is 10.0. The van der Waals surface area contributed by atoms with E-state index in [0.717, 1.165) is 43.8 Å². The van der Waals surface area contributed by atoms with Gasteiger partial charge in [-0.2, -0.15) is 11.8 Å². The Morgan fingerprint density at radius 3 is 2.65 bits per heavy atom. The van der Waals surface area contributed by atoms with E-state index in [1.54, 1.807) is 7.11 Å². The molecule has 3 atom stereocenters. The highest BCUT2D eigenvalue weighted by molar-refractivity contribution is 8.00. The lowest BCUT2D eigenvalue weighted by Crippen LogP contribution is -2.45. The van der Waals surface area contributed by atoms with E-state index in [-0.39, 0.29) is 0 Å². The van der Waals surface area contributed by atoms with Crippen molar-refractivity contribution in [3.8, 4) is 5.75 Å². The molecule has 0 saturated carbocycles. The monoisotopic (exact) mass is 336 g/mol. The highest BCUT2D eigenvalue weighted by Gasteiger charge is 2.27. The molecule has 2 aliphatic rings. The maximum Gasteiger partial charge on any atom is 0.118 e. The van der Waals surface area contributed by atoms with Gasteiger partial charge in [0.2, 0.25) is 0 Å². The number of rotatable bonds is 6. The summed E-state index contributed by atoms with van der Waals surface area (Å²) in [5.41, 5.74) is 1.36. The molecular formula is C18H28N2O2S. The Hall–Kier alpha value is -0.750. The zero-order chi connectivity index (χ0) is 16.1. The Labute approximate surface area is 143 Å². The van der Waals surface area contributed by atoms with Crippen molar-refractivity contribution in [2.75, 3.05) is 45.7 Å². The van der Waals surface area contributed by atoms with Gasteiger partial charge in [-0.05, 0) is 29.9 Å². The van der Waals surface area contributed by atoms with E-state index in [4.69, 9.17) is 9.47 Å². The van der Waals surface area contributed by atoms with E-state index in [1.807, 2.05) is 0 Å². The van der Waals surface area contributed by atoms with Gasteiger partial charge in [0.25, 0.3) is 0 Å². The molecule has 5 heteroatoms. The lowest BCUT2D eigenvalue weighted by Gasteiger charge is -2.36. The Kier molecular flexibility index (Phi) is 6.22. The van der Waals surface area contributed by atoms with Crippen molar-refractivity contribution in [3.05, 3.63) is 29.8 Å². The number of nitrogens with one attached hydrogen (secondary N) is 1. The number of nitrogens with zero attached hydrogens (tertiary/aromatic N) is 1. The van der Waals surface area contributed by atoms with Gasteiger partial charge in [-0.3, -0.25) is 4.90 Å². The van der Waals surface area contributed by atoms with Crippen LogP contribution in [-0.2, 0) is 4.74 Å². The third-order valence-corrected chi connectivity index (χ3v) is 6.26. The molecule has 0 aliphatic carbocycles. The van der Waals surface area contributed by atoms with Crippen molar-refractivity contribution in [1.82, 2.24) is 10.2 Å². The van der Waals surface area contributed by atoms with E-state index >= 15 is 0 Å². The number of benzene rings is 1. The molecule has 0 spiro atoms. The van der Waals surface area contributed by atoms with Crippen molar-refractivity contribution in [2.24, 2.45) is 0 Å². The summed E-state index contributed by atoms with van der Waals surface area (Å²) in [4.78, 5) is 2.55. The van der Waals surface area contributed by atoms with Crippen molar-refractivity contribution < 1.29 is 9.47 Å². The molecule has 1 N–H and O–H groups in total. The van der Waals surface area contributed by atoms with Gasteiger partial charge in [0.1, 0.15) is 5.75 Å². The molecule has 1 aromatic carbocycles. The van der Waals surface area contributed by atoms with Crippen LogP contribution in [0.25, 0.3) is 0 Å². The van der Waals surface area contributed by atoms with Crippen LogP contribution in [0, 0.1) is 0 Å². The van der Waals surface area contributed by atoms with E-state index in [1.165, 1.54) is 17.7 Å². The van der Waals surface area contributed by atoms with Crippen LogP contribution in [0.3, 0.4) is 0 Å². The van der Waals surface area contributed by atoms with E-state index in [0.29, 0.717) is 12.1 Å². The van der Waals surface area contributed by atoms with Crippen LogP contribution in [0.1, 0.15) is 24.9 Å². The normalized spacial score (nSPS) is 27.0. The summed E-state index contributed by atoms with van der Waals surface area (Å²) in [7, 11) is 1.72. The standard InChI is InChI=1S/C18H28N2O2S/c1-14-17(7-12-23-14)19-13-18(20-8-10-22-11-9-20)15-3-5-16(21-2)6-4-15/h3-6,14,17-19H,7-13H2,1-2H3/t14-,17+,18+/m1/s1. The molecule has 0 radical (unpaired) electrons. The van der Waals surface area contributed by atoms with Gasteiger partial charge < -0.3 is 14.8 Å². The lowest BCUT2D eigenvalue weighted by molar-refractivity contribution is 0.0156. The highest BCUT2D eigenvalue weighted by Crippen LogP contribution is 2.28. The fourth-order valence-electron chi connectivity index (χ4n) is 3.44. The summed E-state index contributed by atoms with van der Waals surface area (Å²) in [6.07, 6.45) is 1.28. The molecule has 2 saturated heterocycles. The van der Waals surface area contributed by atoms with Crippen molar-refractivity contribution in [3.63, 3.8) is 0 Å². The second kappa shape index (κ2) is 8.38. The van der Waals surface area contributed by atoms with Gasteiger partial charge in [0.15, 0.2) is 0 Å². The first-order chi connectivity index (χ1) is 11.3. The Balaban J connectivity index is 1.69. The number of thioether (sulfide) groups is 1. The zero-order valence-electron chi connectivity index (χ0n) is 14.2. The number of methoxy groups -OCH3 is 1. The molecular weight excluding hydrogens is 308 g/mol. The predicted molar refractivity (Wildman–Crippen MR) is 96.5 cm³/mol. The molecule has 0 bridgehead atoms. The summed E-state index contributed by atoms with van der Waals surface area (Å²) < 4.78 is 10.8. The third-order valence-electron chi connectivity index (χ3n) is 4.94. The Morgan fingerprint density at radius 1 is 1.30 bits per heavy atom. The van der Waals surface area contributed by atoms with Crippen LogP contribution in [-0.4, -0.2) is 61.9 Å². The summed E-state index contributed by atoms with van der Waals surface area (Å²) >= 11 is 2.08. The van der Waals surface area contributed by atoms with Crippen LogP contribution in [0.2, 0.25) is 0 Å². The summed E-state index contributed by atoms with van der Waals surface area (Å²) in [6, 6.07) is 9.58. The first kappa shape index (κ1) is 17.1. The van der Waals surface area contributed by atoms with Crippen LogP contribution in [0.15, 0.2) is 24.3 Å². The second-order valence-electron chi connectivity index (χ2n) is 6.32. The quantitative estimate of drug-likeness (QED) is 0.863. The summed E-state index contributed by atoms with van der Waals surface area (Å²) in [5, 5.41) is 4.54. The van der Waals surface area contributed by atoms with Crippen LogP contribution >= 0.6 is 11.8 Å². The van der Waals surface area contributed by atoms with Crippen LogP contribution in [0.4, 0.5) is 0 Å². The van der Waals surface area contributed by atoms with Gasteiger partial charge >= 0.3 is 0 Å². The first-order valence-electron chi connectivity index (χ1n) is 8.58. The maximum atomic E-state index is 5.53. The van der Waals surface area contributed by atoms with E-state index in [9.17, 15) is 0 Å². The average molecular weight is 337 g/mol. The second-order valence-corrected chi connectivity index (χ2v) is 7.80. The van der Waals surface area contributed by atoms with Gasteiger partial charge in [0, 0.05) is 37.0 Å². The molecule has 2 heterocycles. The predicted octanol–water partition coefficient (Wildman–Crippen LogP) is 2.55. The molecule has 4 nitrogen and oxygen atoms in total. The molecule has 0 aromatic heterocycles. The Bertz CT molecular complexity index is 476. The average Bonchev–Trinajstić information content (AvgIpc) is 3.02. The number of hydrogen-bond donors (Lipinski definition) is 1. The molecule has 2 fully saturated rings. The van der Waals surface area contributed by atoms with E-state index < -0.39 is 0 Å². The maximum absolute atomic E-state index is 5.53. The van der Waals surface area contributed by atoms with Gasteiger partial charge in [-0.1, -0.05) is 19.1 Å². The smallest absolute Gasteiger partial charge is 0.118 e. The summed E-state index contributed by atoms with van der Waals surface area (Å²) in [6.45, 7) is 7.03. The Morgan fingerprint density at radius 2 is 2.04 bits per heavy atom. The molecule has 0 amide bonds. The fourth-order valence-corrected chi connectivity index (χ4v) is 4.66. The molecule has 128 valence electrons. The summed E-state index contributed by atoms with van der Waals surface area (Å²) in [5.74, 6) is 2.20.